The molecular weight excluding hydrogens is 268 g/mol. The number of hydrogen-bond donors (Lipinski definition) is 1. The number of rotatable bonds is 5. The molecule has 21 heavy (non-hydrogen) atoms. The minimum absolute atomic E-state index is 0.582. The summed E-state index contributed by atoms with van der Waals surface area (Å²) in [5, 5.41) is 11.7. The highest BCUT2D eigenvalue weighted by molar-refractivity contribution is 5.49. The quantitative estimate of drug-likeness (QED) is 0.909. The van der Waals surface area contributed by atoms with Gasteiger partial charge in [-0.1, -0.05) is 19.1 Å². The predicted octanol–water partition coefficient (Wildman–Crippen LogP) is 1.78. The second-order valence-corrected chi connectivity index (χ2v) is 5.51. The van der Waals surface area contributed by atoms with Crippen LogP contribution in [-0.4, -0.2) is 34.8 Å². The van der Waals surface area contributed by atoms with Gasteiger partial charge in [-0.3, -0.25) is 0 Å². The highest BCUT2D eigenvalue weighted by Crippen LogP contribution is 2.31. The Morgan fingerprint density at radius 1 is 1.24 bits per heavy atom. The van der Waals surface area contributed by atoms with Gasteiger partial charge in [0.25, 0.3) is 0 Å². The van der Waals surface area contributed by atoms with E-state index in [0.29, 0.717) is 19.1 Å². The molecule has 1 aliphatic rings. The third kappa shape index (κ3) is 3.33. The molecule has 0 fully saturated rings. The van der Waals surface area contributed by atoms with Gasteiger partial charge < -0.3 is 14.8 Å². The van der Waals surface area contributed by atoms with Crippen LogP contribution in [0.25, 0.3) is 5.69 Å². The number of nitrogens with one attached hydrogen (secondary N) is 1. The Labute approximate surface area is 124 Å². The molecular formula is C15H20N4O2. The number of nitrogens with zero attached hydrogens (tertiary/aromatic N) is 3. The Morgan fingerprint density at radius 3 is 2.86 bits per heavy atom. The largest absolute Gasteiger partial charge is 0.486 e. The molecule has 1 N–H and O–H groups in total. The summed E-state index contributed by atoms with van der Waals surface area (Å²) in [5.74, 6) is 2.16. The van der Waals surface area contributed by atoms with Crippen LogP contribution in [0.1, 0.15) is 19.5 Å². The molecule has 0 bridgehead atoms. The number of hydrogen-bond acceptors (Lipinski definition) is 5. The normalized spacial score (nSPS) is 13.7. The fraction of sp³-hybridized carbons (Fsp3) is 0.467. The summed E-state index contributed by atoms with van der Waals surface area (Å²) >= 11 is 0. The molecule has 0 unspecified atom stereocenters. The van der Waals surface area contributed by atoms with E-state index in [1.807, 2.05) is 24.4 Å². The summed E-state index contributed by atoms with van der Waals surface area (Å²) in [4.78, 5) is 0. The van der Waals surface area contributed by atoms with Gasteiger partial charge >= 0.3 is 0 Å². The predicted molar refractivity (Wildman–Crippen MR) is 78.9 cm³/mol. The Balaban J connectivity index is 1.71. The molecule has 6 nitrogen and oxygen atoms in total. The average Bonchev–Trinajstić information content (AvgIpc) is 2.95. The Hall–Kier alpha value is -2.08. The summed E-state index contributed by atoms with van der Waals surface area (Å²) in [6.07, 6.45) is 1.93. The number of fused-ring (bicyclic) bond motifs is 1. The topological polar surface area (TPSA) is 61.2 Å². The highest BCUT2D eigenvalue weighted by Gasteiger charge is 2.13. The number of aromatic nitrogens is 3. The van der Waals surface area contributed by atoms with Crippen LogP contribution in [0.3, 0.4) is 0 Å². The smallest absolute Gasteiger partial charge is 0.163 e. The lowest BCUT2D eigenvalue weighted by Gasteiger charge is -2.18. The zero-order valence-corrected chi connectivity index (χ0v) is 12.4. The van der Waals surface area contributed by atoms with Crippen molar-refractivity contribution >= 4 is 0 Å². The number of benzene rings is 1. The maximum Gasteiger partial charge on any atom is 0.163 e. The third-order valence-electron chi connectivity index (χ3n) is 3.19. The van der Waals surface area contributed by atoms with E-state index in [1.54, 1.807) is 4.68 Å². The van der Waals surface area contributed by atoms with E-state index < -0.39 is 0 Å². The van der Waals surface area contributed by atoms with Crippen molar-refractivity contribution in [3.05, 3.63) is 30.1 Å². The van der Waals surface area contributed by atoms with Crippen LogP contribution in [0, 0.1) is 5.92 Å². The van der Waals surface area contributed by atoms with Gasteiger partial charge in [-0.25, -0.2) is 4.68 Å². The SMILES string of the molecule is CC(C)CNCc1cn(-c2ccc3c(c2)OCCO3)nn1. The molecule has 0 radical (unpaired) electrons. The van der Waals surface area contributed by atoms with Crippen molar-refractivity contribution in [1.29, 1.82) is 0 Å². The molecule has 3 rings (SSSR count). The molecule has 1 aliphatic heterocycles. The molecule has 0 saturated carbocycles. The fourth-order valence-corrected chi connectivity index (χ4v) is 2.17. The van der Waals surface area contributed by atoms with Crippen LogP contribution >= 0.6 is 0 Å². The summed E-state index contributed by atoms with van der Waals surface area (Å²) in [6.45, 7) is 7.23. The van der Waals surface area contributed by atoms with Crippen molar-refractivity contribution in [2.24, 2.45) is 5.92 Å². The second kappa shape index (κ2) is 6.13. The molecule has 2 aromatic rings. The molecule has 0 amide bonds. The van der Waals surface area contributed by atoms with E-state index >= 15 is 0 Å². The van der Waals surface area contributed by atoms with Crippen molar-refractivity contribution in [3.63, 3.8) is 0 Å². The standard InChI is InChI=1S/C15H20N4O2/c1-11(2)8-16-9-12-10-19(18-17-12)13-3-4-14-15(7-13)21-6-5-20-14/h3-4,7,10-11,16H,5-6,8-9H2,1-2H3. The van der Waals surface area contributed by atoms with E-state index in [-0.39, 0.29) is 0 Å². The summed E-state index contributed by atoms with van der Waals surface area (Å²) < 4.78 is 12.9. The zero-order chi connectivity index (χ0) is 14.7. The molecule has 2 heterocycles. The Kier molecular flexibility index (Phi) is 4.06. The Bertz CT molecular complexity index is 609. The van der Waals surface area contributed by atoms with E-state index in [4.69, 9.17) is 9.47 Å². The van der Waals surface area contributed by atoms with Gasteiger partial charge in [0.05, 0.1) is 17.6 Å². The van der Waals surface area contributed by atoms with Crippen molar-refractivity contribution in [1.82, 2.24) is 20.3 Å². The first-order chi connectivity index (χ1) is 10.2. The molecule has 0 atom stereocenters. The van der Waals surface area contributed by atoms with Crippen LogP contribution in [0.4, 0.5) is 0 Å². The van der Waals surface area contributed by atoms with Gasteiger partial charge in [0, 0.05) is 12.6 Å². The molecule has 6 heteroatoms. The van der Waals surface area contributed by atoms with Crippen LogP contribution < -0.4 is 14.8 Å². The molecule has 1 aromatic heterocycles. The minimum Gasteiger partial charge on any atom is -0.486 e. The van der Waals surface area contributed by atoms with Gasteiger partial charge in [0.1, 0.15) is 13.2 Å². The zero-order valence-electron chi connectivity index (χ0n) is 12.4. The highest BCUT2D eigenvalue weighted by atomic mass is 16.6. The lowest BCUT2D eigenvalue weighted by atomic mass is 10.2. The van der Waals surface area contributed by atoms with E-state index in [9.17, 15) is 0 Å². The third-order valence-corrected chi connectivity index (χ3v) is 3.19. The Morgan fingerprint density at radius 2 is 2.05 bits per heavy atom. The van der Waals surface area contributed by atoms with Gasteiger partial charge in [0.15, 0.2) is 11.5 Å². The first-order valence-electron chi connectivity index (χ1n) is 7.24. The van der Waals surface area contributed by atoms with E-state index in [0.717, 1.165) is 36.0 Å². The van der Waals surface area contributed by atoms with Crippen molar-refractivity contribution in [3.8, 4) is 17.2 Å². The van der Waals surface area contributed by atoms with Crippen LogP contribution in [0.15, 0.2) is 24.4 Å². The monoisotopic (exact) mass is 288 g/mol. The maximum absolute atomic E-state index is 5.58. The van der Waals surface area contributed by atoms with Gasteiger partial charge in [-0.15, -0.1) is 5.10 Å². The first-order valence-corrected chi connectivity index (χ1v) is 7.24. The maximum atomic E-state index is 5.58. The van der Waals surface area contributed by atoms with Crippen LogP contribution in [0.2, 0.25) is 0 Å². The minimum atomic E-state index is 0.582. The molecule has 0 saturated heterocycles. The lowest BCUT2D eigenvalue weighted by molar-refractivity contribution is 0.171. The summed E-state index contributed by atoms with van der Waals surface area (Å²) in [6, 6.07) is 5.78. The molecule has 0 spiro atoms. The van der Waals surface area contributed by atoms with Crippen molar-refractivity contribution < 1.29 is 9.47 Å². The fourth-order valence-electron chi connectivity index (χ4n) is 2.17. The van der Waals surface area contributed by atoms with E-state index in [1.165, 1.54) is 0 Å². The van der Waals surface area contributed by atoms with Gasteiger partial charge in [0.2, 0.25) is 0 Å². The van der Waals surface area contributed by atoms with Crippen molar-refractivity contribution in [2.45, 2.75) is 20.4 Å². The summed E-state index contributed by atoms with van der Waals surface area (Å²) in [7, 11) is 0. The molecule has 112 valence electrons. The lowest BCUT2D eigenvalue weighted by Crippen LogP contribution is -2.19. The average molecular weight is 288 g/mol. The van der Waals surface area contributed by atoms with E-state index in [2.05, 4.69) is 29.5 Å². The summed E-state index contributed by atoms with van der Waals surface area (Å²) in [5.41, 5.74) is 1.84. The number of ether oxygens (including phenoxy) is 2. The van der Waals surface area contributed by atoms with Crippen LogP contribution in [-0.2, 0) is 6.54 Å². The van der Waals surface area contributed by atoms with Crippen molar-refractivity contribution in [2.75, 3.05) is 19.8 Å². The molecule has 1 aromatic carbocycles. The molecule has 0 aliphatic carbocycles. The van der Waals surface area contributed by atoms with Gasteiger partial charge in [-0.2, -0.15) is 0 Å². The van der Waals surface area contributed by atoms with Crippen LogP contribution in [0.5, 0.6) is 11.5 Å². The second-order valence-electron chi connectivity index (χ2n) is 5.51. The first kappa shape index (κ1) is 13.9. The van der Waals surface area contributed by atoms with Gasteiger partial charge in [-0.05, 0) is 24.6 Å².